The number of nitrogen functional groups attached to an aromatic ring is 1. The van der Waals surface area contributed by atoms with E-state index in [1.165, 1.54) is 0 Å². The molecule has 0 spiro atoms. The molecule has 0 aliphatic carbocycles. The highest BCUT2D eigenvalue weighted by molar-refractivity contribution is 5.73. The first kappa shape index (κ1) is 10.5. The van der Waals surface area contributed by atoms with E-state index >= 15 is 0 Å². The molecule has 76 valence electrons. The van der Waals surface area contributed by atoms with Gasteiger partial charge in [0.1, 0.15) is 6.04 Å². The molecule has 5 N–H and O–H groups in total. The van der Waals surface area contributed by atoms with Gasteiger partial charge in [-0.15, -0.1) is 0 Å². The molecule has 0 amide bonds. The quantitative estimate of drug-likeness (QED) is 0.612. The summed E-state index contributed by atoms with van der Waals surface area (Å²) in [6.45, 7) is 1.90. The van der Waals surface area contributed by atoms with Crippen molar-refractivity contribution in [3.8, 4) is 0 Å². The van der Waals surface area contributed by atoms with Gasteiger partial charge in [0.05, 0.1) is 0 Å². The lowest BCUT2D eigenvalue weighted by Gasteiger charge is -2.08. The predicted octanol–water partition coefficient (Wildman–Crippen LogP) is 0.532. The number of carboxylic acids is 1. The zero-order valence-corrected chi connectivity index (χ0v) is 8.03. The van der Waals surface area contributed by atoms with Crippen LogP contribution in [0, 0.1) is 6.92 Å². The molecule has 0 fully saturated rings. The standard InChI is InChI=1S/C10H14N2O2/c1-6-2-3-7(4-8(6)11)5-9(12)10(13)14/h2-4,9H,5,11-12H2,1H3,(H,13,14)/t9-/m0/s1. The third-order valence-corrected chi connectivity index (χ3v) is 2.12. The average Bonchev–Trinajstić information content (AvgIpc) is 2.11. The van der Waals surface area contributed by atoms with Gasteiger partial charge in [0, 0.05) is 5.69 Å². The molecule has 0 aliphatic heterocycles. The third kappa shape index (κ3) is 2.47. The Morgan fingerprint density at radius 1 is 1.57 bits per heavy atom. The Morgan fingerprint density at radius 2 is 2.21 bits per heavy atom. The molecule has 14 heavy (non-hydrogen) atoms. The number of nitrogens with two attached hydrogens (primary N) is 2. The molecule has 4 nitrogen and oxygen atoms in total. The van der Waals surface area contributed by atoms with Crippen molar-refractivity contribution in [1.29, 1.82) is 0 Å². The van der Waals surface area contributed by atoms with Gasteiger partial charge in [-0.2, -0.15) is 0 Å². The summed E-state index contributed by atoms with van der Waals surface area (Å²) >= 11 is 0. The van der Waals surface area contributed by atoms with Gasteiger partial charge in [-0.25, -0.2) is 0 Å². The van der Waals surface area contributed by atoms with Crippen LogP contribution in [-0.4, -0.2) is 17.1 Å². The van der Waals surface area contributed by atoms with E-state index in [0.29, 0.717) is 12.1 Å². The minimum absolute atomic E-state index is 0.305. The maximum Gasteiger partial charge on any atom is 0.320 e. The molecule has 4 heteroatoms. The van der Waals surface area contributed by atoms with Crippen LogP contribution in [0.15, 0.2) is 18.2 Å². The maximum absolute atomic E-state index is 10.5. The number of aliphatic carboxylic acids is 1. The molecule has 1 rings (SSSR count). The van der Waals surface area contributed by atoms with Crippen LogP contribution in [0.2, 0.25) is 0 Å². The summed E-state index contributed by atoms with van der Waals surface area (Å²) in [6, 6.07) is 4.60. The first-order valence-electron chi connectivity index (χ1n) is 4.34. The van der Waals surface area contributed by atoms with Crippen LogP contribution in [0.1, 0.15) is 11.1 Å². The van der Waals surface area contributed by atoms with Crippen LogP contribution in [0.25, 0.3) is 0 Å². The lowest BCUT2D eigenvalue weighted by atomic mass is 10.0. The minimum atomic E-state index is -0.996. The number of hydrogen-bond donors (Lipinski definition) is 3. The Labute approximate surface area is 82.5 Å². The molecule has 1 aromatic rings. The van der Waals surface area contributed by atoms with Crippen molar-refractivity contribution in [2.75, 3.05) is 5.73 Å². The molecule has 1 atom stereocenters. The molecule has 0 radical (unpaired) electrons. The Hall–Kier alpha value is -1.55. The number of benzene rings is 1. The lowest BCUT2D eigenvalue weighted by molar-refractivity contribution is -0.138. The highest BCUT2D eigenvalue weighted by Crippen LogP contribution is 2.13. The lowest BCUT2D eigenvalue weighted by Crippen LogP contribution is -2.32. The van der Waals surface area contributed by atoms with Gasteiger partial charge in [-0.3, -0.25) is 4.79 Å². The van der Waals surface area contributed by atoms with Crippen LogP contribution in [0.3, 0.4) is 0 Å². The number of carboxylic acid groups (broad SMARTS) is 1. The molecule has 0 saturated heterocycles. The van der Waals surface area contributed by atoms with Gasteiger partial charge in [0.15, 0.2) is 0 Å². The smallest absolute Gasteiger partial charge is 0.320 e. The van der Waals surface area contributed by atoms with Crippen molar-refractivity contribution in [3.63, 3.8) is 0 Å². The summed E-state index contributed by atoms with van der Waals surface area (Å²) < 4.78 is 0. The van der Waals surface area contributed by atoms with Gasteiger partial charge in [-0.1, -0.05) is 12.1 Å². The Balaban J connectivity index is 2.78. The molecular weight excluding hydrogens is 180 g/mol. The summed E-state index contributed by atoms with van der Waals surface area (Å²) in [4.78, 5) is 10.5. The van der Waals surface area contributed by atoms with E-state index in [-0.39, 0.29) is 0 Å². The van der Waals surface area contributed by atoms with E-state index in [9.17, 15) is 4.79 Å². The number of rotatable bonds is 3. The SMILES string of the molecule is Cc1ccc(C[C@H](N)C(=O)O)cc1N. The second-order valence-electron chi connectivity index (χ2n) is 3.34. The first-order valence-corrected chi connectivity index (χ1v) is 4.34. The fourth-order valence-corrected chi connectivity index (χ4v) is 1.16. The summed E-state index contributed by atoms with van der Waals surface area (Å²) in [6.07, 6.45) is 0.305. The Kier molecular flexibility index (Phi) is 3.09. The monoisotopic (exact) mass is 194 g/mol. The van der Waals surface area contributed by atoms with Crippen LogP contribution in [-0.2, 0) is 11.2 Å². The molecule has 0 bridgehead atoms. The molecule has 1 aromatic carbocycles. The molecule has 0 aliphatic rings. The second-order valence-corrected chi connectivity index (χ2v) is 3.34. The molecule has 0 heterocycles. The number of hydrogen-bond acceptors (Lipinski definition) is 3. The Bertz CT molecular complexity index is 350. The summed E-state index contributed by atoms with van der Waals surface area (Å²) in [7, 11) is 0. The van der Waals surface area contributed by atoms with Gasteiger partial charge >= 0.3 is 5.97 Å². The topological polar surface area (TPSA) is 89.3 Å². The van der Waals surface area contributed by atoms with Gasteiger partial charge in [0.25, 0.3) is 0 Å². The fourth-order valence-electron chi connectivity index (χ4n) is 1.16. The van der Waals surface area contributed by atoms with Crippen LogP contribution in [0.5, 0.6) is 0 Å². The second kappa shape index (κ2) is 4.11. The highest BCUT2D eigenvalue weighted by Gasteiger charge is 2.12. The van der Waals surface area contributed by atoms with E-state index in [1.807, 2.05) is 19.1 Å². The summed E-state index contributed by atoms with van der Waals surface area (Å²) in [5, 5.41) is 8.61. The van der Waals surface area contributed by atoms with Crippen LogP contribution in [0.4, 0.5) is 5.69 Å². The van der Waals surface area contributed by atoms with E-state index < -0.39 is 12.0 Å². The average molecular weight is 194 g/mol. The van der Waals surface area contributed by atoms with E-state index in [4.69, 9.17) is 16.6 Å². The zero-order chi connectivity index (χ0) is 10.7. The van der Waals surface area contributed by atoms with Crippen LogP contribution < -0.4 is 11.5 Å². The van der Waals surface area contributed by atoms with Gasteiger partial charge in [-0.05, 0) is 30.5 Å². The van der Waals surface area contributed by atoms with Crippen molar-refractivity contribution < 1.29 is 9.90 Å². The van der Waals surface area contributed by atoms with Crippen molar-refractivity contribution in [3.05, 3.63) is 29.3 Å². The first-order chi connectivity index (χ1) is 6.50. The number of aryl methyl sites for hydroxylation is 1. The number of carbonyl (C=O) groups is 1. The third-order valence-electron chi connectivity index (χ3n) is 2.12. The normalized spacial score (nSPS) is 12.4. The van der Waals surface area contributed by atoms with Crippen molar-refractivity contribution in [2.24, 2.45) is 5.73 Å². The molecule has 0 aromatic heterocycles. The summed E-state index contributed by atoms with van der Waals surface area (Å²) in [5.74, 6) is -0.996. The molecule has 0 saturated carbocycles. The zero-order valence-electron chi connectivity index (χ0n) is 8.03. The largest absolute Gasteiger partial charge is 0.480 e. The van der Waals surface area contributed by atoms with Crippen molar-refractivity contribution >= 4 is 11.7 Å². The fraction of sp³-hybridized carbons (Fsp3) is 0.300. The predicted molar refractivity (Wildman–Crippen MR) is 54.9 cm³/mol. The van der Waals surface area contributed by atoms with E-state index in [1.54, 1.807) is 6.07 Å². The van der Waals surface area contributed by atoms with Crippen molar-refractivity contribution in [1.82, 2.24) is 0 Å². The molecule has 0 unspecified atom stereocenters. The highest BCUT2D eigenvalue weighted by atomic mass is 16.4. The Morgan fingerprint density at radius 3 is 2.71 bits per heavy atom. The minimum Gasteiger partial charge on any atom is -0.480 e. The van der Waals surface area contributed by atoms with Gasteiger partial charge < -0.3 is 16.6 Å². The molecular formula is C10H14N2O2. The summed E-state index contributed by atoms with van der Waals surface area (Å²) in [5.41, 5.74) is 13.6. The maximum atomic E-state index is 10.5. The van der Waals surface area contributed by atoms with E-state index in [0.717, 1.165) is 11.1 Å². The van der Waals surface area contributed by atoms with E-state index in [2.05, 4.69) is 0 Å². The van der Waals surface area contributed by atoms with Crippen LogP contribution >= 0.6 is 0 Å². The van der Waals surface area contributed by atoms with Gasteiger partial charge in [0.2, 0.25) is 0 Å². The number of anilines is 1. The van der Waals surface area contributed by atoms with Crippen molar-refractivity contribution in [2.45, 2.75) is 19.4 Å².